The van der Waals surface area contributed by atoms with E-state index in [9.17, 15) is 9.59 Å². The monoisotopic (exact) mass is 370 g/mol. The molecule has 9 nitrogen and oxygen atoms in total. The summed E-state index contributed by atoms with van der Waals surface area (Å²) in [7, 11) is 1.74. The first kappa shape index (κ1) is 18.6. The van der Waals surface area contributed by atoms with Gasteiger partial charge in [0, 0.05) is 19.2 Å². The summed E-state index contributed by atoms with van der Waals surface area (Å²) in [5.74, 6) is -0.596. The molecular weight excluding hydrogens is 348 g/mol. The van der Waals surface area contributed by atoms with Crippen LogP contribution in [0.25, 0.3) is 11.0 Å². The first-order valence-electron chi connectivity index (χ1n) is 8.65. The van der Waals surface area contributed by atoms with Crippen molar-refractivity contribution in [2.45, 2.75) is 32.7 Å². The molecule has 0 bridgehead atoms. The van der Waals surface area contributed by atoms with Crippen LogP contribution in [0.15, 0.2) is 29.0 Å². The summed E-state index contributed by atoms with van der Waals surface area (Å²) >= 11 is 0. The largest absolute Gasteiger partial charge is 0.364 e. The lowest BCUT2D eigenvalue weighted by Crippen LogP contribution is -2.51. The molecule has 0 saturated heterocycles. The van der Waals surface area contributed by atoms with Gasteiger partial charge in [0.15, 0.2) is 5.69 Å². The molecule has 0 aliphatic carbocycles. The van der Waals surface area contributed by atoms with Crippen LogP contribution in [0, 0.1) is 0 Å². The number of aromatic nitrogens is 4. The lowest BCUT2D eigenvalue weighted by molar-refractivity contribution is 0.0878. The Balaban J connectivity index is 1.69. The zero-order valence-electron chi connectivity index (χ0n) is 15.7. The molecule has 0 aliphatic rings. The number of amides is 2. The van der Waals surface area contributed by atoms with Gasteiger partial charge in [0.1, 0.15) is 17.3 Å². The average Bonchev–Trinajstić information content (AvgIpc) is 3.26. The summed E-state index contributed by atoms with van der Waals surface area (Å²) in [5.41, 5.74) is 2.11. The van der Waals surface area contributed by atoms with Crippen molar-refractivity contribution in [3.05, 3.63) is 41.3 Å². The van der Waals surface area contributed by atoms with E-state index in [1.54, 1.807) is 29.9 Å². The Morgan fingerprint density at radius 1 is 1.26 bits per heavy atom. The third-order valence-electron chi connectivity index (χ3n) is 4.25. The molecule has 0 aliphatic heterocycles. The van der Waals surface area contributed by atoms with Crippen molar-refractivity contribution in [1.29, 1.82) is 0 Å². The Bertz CT molecular complexity index is 988. The van der Waals surface area contributed by atoms with E-state index in [0.29, 0.717) is 23.0 Å². The second kappa shape index (κ2) is 7.18. The second-order valence-corrected chi connectivity index (χ2v) is 6.95. The van der Waals surface area contributed by atoms with Gasteiger partial charge in [-0.15, -0.1) is 5.10 Å². The number of rotatable bonds is 6. The van der Waals surface area contributed by atoms with Crippen LogP contribution in [0.2, 0.25) is 0 Å². The molecule has 2 aromatic heterocycles. The van der Waals surface area contributed by atoms with Gasteiger partial charge >= 0.3 is 0 Å². The Kier molecular flexibility index (Phi) is 4.93. The summed E-state index contributed by atoms with van der Waals surface area (Å²) in [6.07, 6.45) is 2.11. The number of para-hydroxylation sites is 1. The highest BCUT2D eigenvalue weighted by Gasteiger charge is 2.25. The van der Waals surface area contributed by atoms with Gasteiger partial charge in [0.2, 0.25) is 0 Å². The quantitative estimate of drug-likeness (QED) is 0.679. The molecule has 0 spiro atoms. The summed E-state index contributed by atoms with van der Waals surface area (Å²) in [6, 6.07) is 5.28. The van der Waals surface area contributed by atoms with Crippen LogP contribution in [0.5, 0.6) is 0 Å². The van der Waals surface area contributed by atoms with E-state index in [1.165, 1.54) is 6.26 Å². The van der Waals surface area contributed by atoms with Crippen molar-refractivity contribution in [1.82, 2.24) is 30.8 Å². The maximum Gasteiger partial charge on any atom is 0.273 e. The Labute approximate surface area is 156 Å². The fourth-order valence-corrected chi connectivity index (χ4v) is 2.79. The second-order valence-electron chi connectivity index (χ2n) is 6.95. The minimum atomic E-state index is -0.683. The van der Waals surface area contributed by atoms with Crippen LogP contribution in [-0.4, -0.2) is 44.0 Å². The number of nitrogens with one attached hydrogen (secondary N) is 2. The van der Waals surface area contributed by atoms with E-state index >= 15 is 0 Å². The Morgan fingerprint density at radius 2 is 2.04 bits per heavy atom. The topological polar surface area (TPSA) is 115 Å². The normalized spacial score (nSPS) is 11.6. The molecule has 27 heavy (non-hydrogen) atoms. The average molecular weight is 370 g/mol. The summed E-state index contributed by atoms with van der Waals surface area (Å²) in [4.78, 5) is 25.1. The minimum Gasteiger partial charge on any atom is -0.364 e. The van der Waals surface area contributed by atoms with Gasteiger partial charge in [-0.1, -0.05) is 23.4 Å². The van der Waals surface area contributed by atoms with Crippen molar-refractivity contribution in [3.8, 4) is 0 Å². The van der Waals surface area contributed by atoms with E-state index in [-0.39, 0.29) is 24.1 Å². The number of carbonyl (C=O) groups is 2. The van der Waals surface area contributed by atoms with Crippen molar-refractivity contribution in [2.75, 3.05) is 6.54 Å². The van der Waals surface area contributed by atoms with Gasteiger partial charge in [-0.2, -0.15) is 0 Å². The minimum absolute atomic E-state index is 0.229. The lowest BCUT2D eigenvalue weighted by Gasteiger charge is -2.26. The van der Waals surface area contributed by atoms with Crippen molar-refractivity contribution < 1.29 is 14.1 Å². The predicted molar refractivity (Wildman–Crippen MR) is 98.3 cm³/mol. The third kappa shape index (κ3) is 3.81. The van der Waals surface area contributed by atoms with E-state index < -0.39 is 5.54 Å². The molecule has 0 atom stereocenters. The zero-order chi connectivity index (χ0) is 19.6. The first-order chi connectivity index (χ1) is 12.8. The molecular formula is C18H22N6O3. The number of hydrogen-bond donors (Lipinski definition) is 2. The van der Waals surface area contributed by atoms with Crippen molar-refractivity contribution in [2.24, 2.45) is 7.05 Å². The van der Waals surface area contributed by atoms with Crippen LogP contribution in [0.1, 0.15) is 47.2 Å². The molecule has 2 amide bonds. The number of aryl methyl sites for hydroxylation is 2. The highest BCUT2D eigenvalue weighted by Crippen LogP contribution is 2.17. The van der Waals surface area contributed by atoms with Gasteiger partial charge in [0.25, 0.3) is 11.8 Å². The van der Waals surface area contributed by atoms with Gasteiger partial charge in [-0.05, 0) is 32.4 Å². The smallest absolute Gasteiger partial charge is 0.273 e. The first-order valence-corrected chi connectivity index (χ1v) is 8.65. The maximum atomic E-state index is 12.8. The zero-order valence-corrected chi connectivity index (χ0v) is 15.7. The van der Waals surface area contributed by atoms with E-state index in [2.05, 4.69) is 26.1 Å². The molecule has 0 saturated carbocycles. The predicted octanol–water partition coefficient (Wildman–Crippen LogP) is 1.46. The summed E-state index contributed by atoms with van der Waals surface area (Å²) in [5, 5.41) is 17.5. The van der Waals surface area contributed by atoms with E-state index in [0.717, 1.165) is 5.56 Å². The van der Waals surface area contributed by atoms with Crippen LogP contribution in [-0.2, 0) is 13.5 Å². The van der Waals surface area contributed by atoms with E-state index in [4.69, 9.17) is 4.52 Å². The fraction of sp³-hybridized carbons (Fsp3) is 0.389. The third-order valence-corrected chi connectivity index (χ3v) is 4.25. The highest BCUT2D eigenvalue weighted by molar-refractivity contribution is 6.05. The number of nitrogens with zero attached hydrogens (tertiary/aromatic N) is 4. The molecule has 2 N–H and O–H groups in total. The SMILES string of the molecule is CCc1conc1C(=O)NCC(C)(C)NC(=O)c1cccc2nnn(C)c12. The molecule has 142 valence electrons. The molecule has 3 rings (SSSR count). The summed E-state index contributed by atoms with van der Waals surface area (Å²) in [6.45, 7) is 5.81. The molecule has 9 heteroatoms. The van der Waals surface area contributed by atoms with Crippen molar-refractivity contribution in [3.63, 3.8) is 0 Å². The van der Waals surface area contributed by atoms with Gasteiger partial charge in [-0.3, -0.25) is 9.59 Å². The Hall–Kier alpha value is -3.23. The molecule has 3 aromatic rings. The van der Waals surface area contributed by atoms with Gasteiger partial charge in [0.05, 0.1) is 11.1 Å². The number of carbonyl (C=O) groups excluding carboxylic acids is 2. The number of hydrogen-bond acceptors (Lipinski definition) is 6. The number of fused-ring (bicyclic) bond motifs is 1. The fourth-order valence-electron chi connectivity index (χ4n) is 2.79. The van der Waals surface area contributed by atoms with Gasteiger partial charge < -0.3 is 15.2 Å². The molecule has 0 fully saturated rings. The van der Waals surface area contributed by atoms with Crippen LogP contribution >= 0.6 is 0 Å². The van der Waals surface area contributed by atoms with E-state index in [1.807, 2.05) is 20.8 Å². The van der Waals surface area contributed by atoms with Crippen LogP contribution in [0.4, 0.5) is 0 Å². The maximum absolute atomic E-state index is 12.8. The van der Waals surface area contributed by atoms with Gasteiger partial charge in [-0.25, -0.2) is 4.68 Å². The van der Waals surface area contributed by atoms with Crippen LogP contribution in [0.3, 0.4) is 0 Å². The molecule has 0 unspecified atom stereocenters. The standard InChI is InChI=1S/C18H22N6O3/c1-5-11-9-27-22-14(11)17(26)19-10-18(2,3)20-16(25)12-7-6-8-13-15(12)24(4)23-21-13/h6-9H,5,10H2,1-4H3,(H,19,26)(H,20,25). The number of benzene rings is 1. The van der Waals surface area contributed by atoms with Crippen molar-refractivity contribution >= 4 is 22.8 Å². The molecule has 0 radical (unpaired) electrons. The van der Waals surface area contributed by atoms with Crippen LogP contribution < -0.4 is 10.6 Å². The summed E-state index contributed by atoms with van der Waals surface area (Å²) < 4.78 is 6.43. The molecule has 1 aromatic carbocycles. The highest BCUT2D eigenvalue weighted by atomic mass is 16.5. The lowest BCUT2D eigenvalue weighted by atomic mass is 10.0. The molecule has 2 heterocycles. The Morgan fingerprint density at radius 3 is 2.78 bits per heavy atom.